The smallest absolute Gasteiger partial charge is 0.428 e. The summed E-state index contributed by atoms with van der Waals surface area (Å²) >= 11 is 0. The predicted molar refractivity (Wildman–Crippen MR) is 70.8 cm³/mol. The van der Waals surface area contributed by atoms with Gasteiger partial charge in [-0.05, 0) is 32.9 Å². The second kappa shape index (κ2) is 5.45. The van der Waals surface area contributed by atoms with Gasteiger partial charge in [0.25, 0.3) is 0 Å². The van der Waals surface area contributed by atoms with E-state index in [-0.39, 0.29) is 10.9 Å². The second-order valence-corrected chi connectivity index (χ2v) is 6.90. The molecule has 0 saturated carbocycles. The van der Waals surface area contributed by atoms with Crippen molar-refractivity contribution in [1.29, 1.82) is 0 Å². The van der Waals surface area contributed by atoms with Crippen LogP contribution in [0.3, 0.4) is 0 Å². The van der Waals surface area contributed by atoms with E-state index in [9.17, 15) is 4.79 Å². The highest BCUT2D eigenvalue weighted by atomic mass is 32.2. The van der Waals surface area contributed by atoms with Crippen LogP contribution in [0.5, 0.6) is 5.75 Å². The molecule has 94 valence electrons. The zero-order valence-electron chi connectivity index (χ0n) is 10.9. The summed E-state index contributed by atoms with van der Waals surface area (Å²) in [5.41, 5.74) is -0.536. The van der Waals surface area contributed by atoms with E-state index < -0.39 is 11.8 Å². The minimum atomic E-state index is -0.657. The minimum absolute atomic E-state index is 0.0372. The summed E-state index contributed by atoms with van der Waals surface area (Å²) in [6.07, 6.45) is 3.50. The number of rotatable bonds is 2. The highest BCUT2D eigenvalue weighted by Gasteiger charge is 2.22. The van der Waals surface area contributed by atoms with Crippen LogP contribution in [0.15, 0.2) is 29.2 Å². The topological polar surface area (TPSA) is 35.5 Å². The maximum absolute atomic E-state index is 11.6. The molecular weight excluding hydrogens is 236 g/mol. The molecule has 0 aromatic heterocycles. The van der Waals surface area contributed by atoms with Crippen molar-refractivity contribution in [2.75, 3.05) is 12.5 Å². The number of carbonyl (C=O) groups excluding carboxylic acids is 1. The summed E-state index contributed by atoms with van der Waals surface area (Å²) in [6.45, 7) is 5.43. The molecule has 0 aliphatic carbocycles. The van der Waals surface area contributed by atoms with Crippen molar-refractivity contribution >= 4 is 17.1 Å². The third-order valence-corrected chi connectivity index (χ3v) is 3.09. The van der Waals surface area contributed by atoms with Crippen LogP contribution in [0.1, 0.15) is 20.8 Å². The van der Waals surface area contributed by atoms with Gasteiger partial charge >= 0.3 is 6.16 Å². The van der Waals surface area contributed by atoms with Crippen molar-refractivity contribution in [3.63, 3.8) is 0 Å². The summed E-state index contributed by atoms with van der Waals surface area (Å²) < 4.78 is 10.3. The Morgan fingerprint density at radius 3 is 2.29 bits per heavy atom. The van der Waals surface area contributed by atoms with E-state index in [1.807, 2.05) is 39.0 Å². The molecule has 0 aliphatic rings. The maximum atomic E-state index is 11.6. The Bertz CT molecular complexity index is 394. The van der Waals surface area contributed by atoms with Crippen molar-refractivity contribution in [3.8, 4) is 5.75 Å². The number of ether oxygens (including phenoxy) is 2. The van der Waals surface area contributed by atoms with Crippen LogP contribution in [0.4, 0.5) is 4.79 Å². The molecule has 0 spiro atoms. The molecule has 0 amide bonds. The minimum Gasteiger partial charge on any atom is -0.428 e. The monoisotopic (exact) mass is 255 g/mol. The van der Waals surface area contributed by atoms with Crippen molar-refractivity contribution in [2.24, 2.45) is 0 Å². The lowest BCUT2D eigenvalue weighted by Gasteiger charge is -2.18. The Morgan fingerprint density at radius 1 is 1.18 bits per heavy atom. The Balaban J connectivity index is 2.78. The quantitative estimate of drug-likeness (QED) is 0.462. The molecule has 1 aromatic carbocycles. The van der Waals surface area contributed by atoms with Gasteiger partial charge in [-0.3, -0.25) is 0 Å². The first kappa shape index (κ1) is 13.9. The third kappa shape index (κ3) is 4.69. The summed E-state index contributed by atoms with van der Waals surface area (Å²) in [5, 5.41) is 0. The van der Waals surface area contributed by atoms with Gasteiger partial charge in [-0.1, -0.05) is 12.1 Å². The first-order chi connectivity index (χ1) is 7.79. The summed E-state index contributed by atoms with van der Waals surface area (Å²) in [6, 6.07) is 7.52. The van der Waals surface area contributed by atoms with E-state index in [4.69, 9.17) is 9.47 Å². The Hall–Kier alpha value is -1.16. The molecule has 1 rings (SSSR count). The normalized spacial score (nSPS) is 11.4. The van der Waals surface area contributed by atoms with E-state index in [2.05, 4.69) is 12.5 Å². The second-order valence-electron chi connectivity index (χ2n) is 4.83. The van der Waals surface area contributed by atoms with Gasteiger partial charge in [0.1, 0.15) is 18.1 Å². The van der Waals surface area contributed by atoms with Crippen LogP contribution in [0.25, 0.3) is 0 Å². The van der Waals surface area contributed by atoms with Gasteiger partial charge in [-0.15, -0.1) is 0 Å². The highest BCUT2D eigenvalue weighted by Crippen LogP contribution is 2.24. The summed E-state index contributed by atoms with van der Waals surface area (Å²) in [7, 11) is 0.0372. The van der Waals surface area contributed by atoms with Gasteiger partial charge in [-0.25, -0.2) is 4.79 Å². The molecular formula is C13H19O3S+. The fourth-order valence-corrected chi connectivity index (χ4v) is 2.10. The fraction of sp³-hybridized carbons (Fsp3) is 0.462. The lowest BCUT2D eigenvalue weighted by Crippen LogP contribution is -2.26. The van der Waals surface area contributed by atoms with Gasteiger partial charge < -0.3 is 9.47 Å². The first-order valence-corrected chi connectivity index (χ1v) is 7.41. The lowest BCUT2D eigenvalue weighted by molar-refractivity contribution is 0.0201. The van der Waals surface area contributed by atoms with Gasteiger partial charge in [0.05, 0.1) is 0 Å². The van der Waals surface area contributed by atoms with E-state index in [1.54, 1.807) is 6.07 Å². The Kier molecular flexibility index (Phi) is 4.46. The lowest BCUT2D eigenvalue weighted by atomic mass is 10.2. The Labute approximate surface area is 105 Å². The van der Waals surface area contributed by atoms with Crippen molar-refractivity contribution in [1.82, 2.24) is 0 Å². The van der Waals surface area contributed by atoms with E-state index in [0.717, 1.165) is 4.90 Å². The molecule has 0 unspecified atom stereocenters. The fourth-order valence-electron chi connectivity index (χ4n) is 1.23. The largest absolute Gasteiger partial charge is 0.514 e. The van der Waals surface area contributed by atoms with Crippen LogP contribution in [0, 0.1) is 0 Å². The number of hydrogen-bond acceptors (Lipinski definition) is 3. The van der Waals surface area contributed by atoms with Crippen molar-refractivity contribution < 1.29 is 14.3 Å². The average molecular weight is 255 g/mol. The molecule has 0 radical (unpaired) electrons. The number of hydrogen-bond donors (Lipinski definition) is 0. The first-order valence-electron chi connectivity index (χ1n) is 5.37. The Morgan fingerprint density at radius 2 is 1.76 bits per heavy atom. The van der Waals surface area contributed by atoms with Crippen molar-refractivity contribution in [3.05, 3.63) is 24.3 Å². The molecule has 0 saturated heterocycles. The summed E-state index contributed by atoms with van der Waals surface area (Å²) in [4.78, 5) is 12.6. The third-order valence-electron chi connectivity index (χ3n) is 1.87. The van der Waals surface area contributed by atoms with E-state index >= 15 is 0 Å². The molecule has 0 heterocycles. The maximum Gasteiger partial charge on any atom is 0.514 e. The number of carbonyl (C=O) groups is 1. The molecule has 4 heteroatoms. The summed E-state index contributed by atoms with van der Waals surface area (Å²) in [5.74, 6) is 0.579. The SMILES string of the molecule is C[S+](C)c1ccccc1OC(=O)OC(C)(C)C. The van der Waals surface area contributed by atoms with E-state index in [0.29, 0.717) is 5.75 Å². The van der Waals surface area contributed by atoms with Gasteiger partial charge in [0, 0.05) is 10.9 Å². The average Bonchev–Trinajstić information content (AvgIpc) is 2.14. The molecule has 0 fully saturated rings. The van der Waals surface area contributed by atoms with Crippen LogP contribution in [-0.2, 0) is 15.6 Å². The molecule has 0 aliphatic heterocycles. The molecule has 3 nitrogen and oxygen atoms in total. The molecule has 0 N–H and O–H groups in total. The van der Waals surface area contributed by atoms with E-state index in [1.165, 1.54) is 0 Å². The molecule has 0 bridgehead atoms. The zero-order chi connectivity index (χ0) is 13.1. The highest BCUT2D eigenvalue weighted by molar-refractivity contribution is 7.95. The van der Waals surface area contributed by atoms with Crippen LogP contribution < -0.4 is 4.74 Å². The van der Waals surface area contributed by atoms with Crippen LogP contribution in [0.2, 0.25) is 0 Å². The van der Waals surface area contributed by atoms with Crippen LogP contribution in [-0.4, -0.2) is 24.3 Å². The molecule has 1 aromatic rings. The van der Waals surface area contributed by atoms with Crippen molar-refractivity contribution in [2.45, 2.75) is 31.3 Å². The molecule has 0 atom stereocenters. The van der Waals surface area contributed by atoms with Gasteiger partial charge in [-0.2, -0.15) is 0 Å². The number of para-hydroxylation sites is 1. The van der Waals surface area contributed by atoms with Crippen LogP contribution >= 0.6 is 0 Å². The van der Waals surface area contributed by atoms with Gasteiger partial charge in [0.15, 0.2) is 10.6 Å². The number of benzene rings is 1. The predicted octanol–water partition coefficient (Wildman–Crippen LogP) is 3.24. The van der Waals surface area contributed by atoms with Gasteiger partial charge in [0.2, 0.25) is 0 Å². The molecule has 17 heavy (non-hydrogen) atoms. The zero-order valence-corrected chi connectivity index (χ0v) is 11.8. The standard InChI is InChI=1S/C13H19O3S/c1-13(2,3)16-12(14)15-10-8-6-7-9-11(10)17(4)5/h6-9H,1-5H3/q+1.